The molecule has 0 fully saturated rings. The zero-order valence-corrected chi connectivity index (χ0v) is 46.9. The molecule has 0 amide bonds. The van der Waals surface area contributed by atoms with Crippen LogP contribution in [0, 0.1) is 0 Å². The number of hydrogen-bond donors (Lipinski definition) is 0. The van der Waals surface area contributed by atoms with Crippen LogP contribution in [0.3, 0.4) is 0 Å². The van der Waals surface area contributed by atoms with E-state index in [1.165, 1.54) is 295 Å². The summed E-state index contributed by atoms with van der Waals surface area (Å²) in [5, 5.41) is 0. The van der Waals surface area contributed by atoms with Gasteiger partial charge in [0.2, 0.25) is 0 Å². The van der Waals surface area contributed by atoms with Crippen LogP contribution < -0.4 is 0 Å². The molecule has 0 rings (SSSR count). The highest BCUT2D eigenvalue weighted by Crippen LogP contribution is 2.18. The highest BCUT2D eigenvalue weighted by molar-refractivity contribution is 5.69. The maximum absolute atomic E-state index is 12.7. The summed E-state index contributed by atoms with van der Waals surface area (Å²) in [6.07, 6.45) is 70.2. The van der Waals surface area contributed by atoms with Crippen molar-refractivity contribution in [2.75, 3.05) is 19.8 Å². The van der Waals surface area contributed by atoms with Gasteiger partial charge in [-0.05, 0) is 19.3 Å². The van der Waals surface area contributed by atoms with E-state index in [2.05, 4.69) is 20.8 Å². The summed E-state index contributed by atoms with van der Waals surface area (Å²) < 4.78 is 17.6. The van der Waals surface area contributed by atoms with Crippen LogP contribution in [-0.4, -0.2) is 37.9 Å². The molecule has 0 saturated heterocycles. The fourth-order valence-electron chi connectivity index (χ4n) is 9.90. The van der Waals surface area contributed by atoms with Crippen molar-refractivity contribution >= 4 is 11.9 Å². The van der Waals surface area contributed by atoms with Crippen LogP contribution in [0.5, 0.6) is 0 Å². The van der Waals surface area contributed by atoms with Crippen molar-refractivity contribution < 1.29 is 23.8 Å². The van der Waals surface area contributed by atoms with Gasteiger partial charge in [0.05, 0.1) is 0 Å². The third-order valence-electron chi connectivity index (χ3n) is 14.7. The Balaban J connectivity index is 4.16. The van der Waals surface area contributed by atoms with Crippen LogP contribution in [0.15, 0.2) is 0 Å². The van der Waals surface area contributed by atoms with E-state index >= 15 is 0 Å². The lowest BCUT2D eigenvalue weighted by atomic mass is 10.0. The molecule has 0 aliphatic rings. The van der Waals surface area contributed by atoms with E-state index in [9.17, 15) is 9.59 Å². The SMILES string of the molecule is CCCCCCCCCCCCCCCCCCCCCC(=O)OCC(COC(=O)CCCCCCCCCCCCCCCCCCC)OCCCCCCCCCCCCCCCCCC. The maximum atomic E-state index is 12.7. The fourth-order valence-corrected chi connectivity index (χ4v) is 9.90. The molecule has 0 aromatic rings. The molecule has 0 aromatic carbocycles. The van der Waals surface area contributed by atoms with Crippen molar-refractivity contribution in [3.63, 3.8) is 0 Å². The van der Waals surface area contributed by atoms with Crippen LogP contribution in [-0.2, 0) is 23.8 Å². The number of rotatable bonds is 60. The van der Waals surface area contributed by atoms with Gasteiger partial charge in [0, 0.05) is 19.4 Å². The molecule has 0 aromatic heterocycles. The molecule has 0 radical (unpaired) electrons. The molecule has 0 spiro atoms. The van der Waals surface area contributed by atoms with Crippen LogP contribution in [0.25, 0.3) is 0 Å². The lowest BCUT2D eigenvalue weighted by Gasteiger charge is -2.18. The Kier molecular flexibility index (Phi) is 59.2. The van der Waals surface area contributed by atoms with Gasteiger partial charge in [-0.15, -0.1) is 0 Å². The van der Waals surface area contributed by atoms with Crippen molar-refractivity contribution in [1.29, 1.82) is 0 Å². The second-order valence-electron chi connectivity index (χ2n) is 21.7. The first kappa shape index (κ1) is 66.9. The van der Waals surface area contributed by atoms with Gasteiger partial charge in [0.15, 0.2) is 0 Å². The van der Waals surface area contributed by atoms with Gasteiger partial charge < -0.3 is 14.2 Å². The van der Waals surface area contributed by atoms with Gasteiger partial charge >= 0.3 is 11.9 Å². The summed E-state index contributed by atoms with van der Waals surface area (Å²) in [4.78, 5) is 25.4. The standard InChI is InChI=1S/C63H124O5/c1-4-7-10-13-16-19-22-25-28-31-32-34-36-39-42-45-48-51-54-57-63(65)68-60-61(66-58-55-52-49-46-43-40-37-30-27-24-21-18-15-12-9-6-3)59-67-62(64)56-53-50-47-44-41-38-35-33-29-26-23-20-17-14-11-8-5-2/h61H,4-60H2,1-3H3. The van der Waals surface area contributed by atoms with Crippen LogP contribution in [0.1, 0.15) is 367 Å². The predicted octanol–water partition coefficient (Wildman–Crippen LogP) is 21.6. The van der Waals surface area contributed by atoms with Crippen molar-refractivity contribution in [1.82, 2.24) is 0 Å². The molecule has 0 heterocycles. The molecule has 5 nitrogen and oxygen atoms in total. The van der Waals surface area contributed by atoms with Gasteiger partial charge in [-0.25, -0.2) is 0 Å². The largest absolute Gasteiger partial charge is 0.463 e. The van der Waals surface area contributed by atoms with E-state index in [4.69, 9.17) is 14.2 Å². The number of carbonyl (C=O) groups is 2. The Morgan fingerprint density at radius 2 is 0.426 bits per heavy atom. The third kappa shape index (κ3) is 57.5. The molecule has 0 bridgehead atoms. The summed E-state index contributed by atoms with van der Waals surface area (Å²) in [5.74, 6) is -0.301. The van der Waals surface area contributed by atoms with E-state index in [0.717, 1.165) is 38.5 Å². The first-order valence-corrected chi connectivity index (χ1v) is 31.6. The lowest BCUT2D eigenvalue weighted by Crippen LogP contribution is -2.29. The van der Waals surface area contributed by atoms with E-state index in [1.807, 2.05) is 0 Å². The van der Waals surface area contributed by atoms with E-state index in [0.29, 0.717) is 19.4 Å². The molecule has 406 valence electrons. The third-order valence-corrected chi connectivity index (χ3v) is 14.7. The Morgan fingerprint density at radius 1 is 0.250 bits per heavy atom. The smallest absolute Gasteiger partial charge is 0.305 e. The molecule has 68 heavy (non-hydrogen) atoms. The Bertz CT molecular complexity index is 952. The van der Waals surface area contributed by atoms with Gasteiger partial charge in [-0.2, -0.15) is 0 Å². The summed E-state index contributed by atoms with van der Waals surface area (Å²) in [7, 11) is 0. The first-order chi connectivity index (χ1) is 33.6. The average molecular weight is 962 g/mol. The fraction of sp³-hybridized carbons (Fsp3) is 0.968. The maximum Gasteiger partial charge on any atom is 0.305 e. The number of esters is 2. The van der Waals surface area contributed by atoms with E-state index in [-0.39, 0.29) is 31.3 Å². The summed E-state index contributed by atoms with van der Waals surface area (Å²) >= 11 is 0. The van der Waals surface area contributed by atoms with Crippen molar-refractivity contribution in [2.24, 2.45) is 0 Å². The zero-order chi connectivity index (χ0) is 49.2. The summed E-state index contributed by atoms with van der Waals surface area (Å²) in [5.41, 5.74) is 0. The molecule has 0 aliphatic heterocycles. The van der Waals surface area contributed by atoms with E-state index < -0.39 is 0 Å². The topological polar surface area (TPSA) is 61.8 Å². The molecular weight excluding hydrogens is 837 g/mol. The minimum atomic E-state index is -0.389. The van der Waals surface area contributed by atoms with Crippen molar-refractivity contribution in [2.45, 2.75) is 374 Å². The lowest BCUT2D eigenvalue weighted by molar-refractivity contribution is -0.155. The monoisotopic (exact) mass is 961 g/mol. The minimum Gasteiger partial charge on any atom is -0.463 e. The van der Waals surface area contributed by atoms with Gasteiger partial charge in [-0.1, -0.05) is 335 Å². The van der Waals surface area contributed by atoms with E-state index in [1.54, 1.807) is 0 Å². The van der Waals surface area contributed by atoms with Crippen LogP contribution >= 0.6 is 0 Å². The number of unbranched alkanes of at least 4 members (excludes halogenated alkanes) is 49. The Hall–Kier alpha value is -1.10. The molecule has 1 atom stereocenters. The highest BCUT2D eigenvalue weighted by Gasteiger charge is 2.16. The molecule has 0 aliphatic carbocycles. The van der Waals surface area contributed by atoms with Crippen LogP contribution in [0.4, 0.5) is 0 Å². The highest BCUT2D eigenvalue weighted by atomic mass is 16.6. The quantitative estimate of drug-likeness (QED) is 0.0449. The van der Waals surface area contributed by atoms with Gasteiger partial charge in [0.25, 0.3) is 0 Å². The second kappa shape index (κ2) is 60.2. The first-order valence-electron chi connectivity index (χ1n) is 31.6. The molecule has 0 saturated carbocycles. The number of carbonyl (C=O) groups excluding carboxylic acids is 2. The normalized spacial score (nSPS) is 12.0. The molecule has 5 heteroatoms. The van der Waals surface area contributed by atoms with Crippen molar-refractivity contribution in [3.8, 4) is 0 Å². The Morgan fingerprint density at radius 3 is 0.632 bits per heavy atom. The van der Waals surface area contributed by atoms with Gasteiger partial charge in [-0.3, -0.25) is 9.59 Å². The summed E-state index contributed by atoms with van der Waals surface area (Å²) in [6.45, 7) is 7.84. The van der Waals surface area contributed by atoms with Crippen molar-refractivity contribution in [3.05, 3.63) is 0 Å². The molecule has 1 unspecified atom stereocenters. The predicted molar refractivity (Wildman–Crippen MR) is 298 cm³/mol. The Labute approximate surface area is 427 Å². The van der Waals surface area contributed by atoms with Gasteiger partial charge in [0.1, 0.15) is 19.3 Å². The average Bonchev–Trinajstić information content (AvgIpc) is 3.34. The molecular formula is C63H124O5. The van der Waals surface area contributed by atoms with Crippen LogP contribution in [0.2, 0.25) is 0 Å². The summed E-state index contributed by atoms with van der Waals surface area (Å²) in [6, 6.07) is 0. The minimum absolute atomic E-state index is 0.150. The second-order valence-corrected chi connectivity index (χ2v) is 21.7. The number of ether oxygens (including phenoxy) is 3. The zero-order valence-electron chi connectivity index (χ0n) is 46.9. The number of hydrogen-bond acceptors (Lipinski definition) is 5. The molecule has 0 N–H and O–H groups in total.